The molecule has 1 nitrogen and oxygen atoms in total. The van der Waals surface area contributed by atoms with Crippen molar-refractivity contribution in [3.8, 4) is 0 Å². The number of aliphatic hydroxyl groups excluding tert-OH is 1. The van der Waals surface area contributed by atoms with E-state index in [0.717, 1.165) is 16.7 Å². The summed E-state index contributed by atoms with van der Waals surface area (Å²) in [6, 6.07) is 12.4. The maximum absolute atomic E-state index is 10.4. The van der Waals surface area contributed by atoms with Gasteiger partial charge in [-0.3, -0.25) is 0 Å². The predicted molar refractivity (Wildman–Crippen MR) is 96.1 cm³/mol. The molecule has 2 rings (SSSR count). The average molecular weight is 292 g/mol. The molecular formula is C21H24O. The number of aliphatic hydroxyl groups is 1. The van der Waals surface area contributed by atoms with Crippen LogP contribution in [-0.2, 0) is 0 Å². The van der Waals surface area contributed by atoms with Gasteiger partial charge in [-0.15, -0.1) is 0 Å². The first-order valence-corrected chi connectivity index (χ1v) is 7.64. The van der Waals surface area contributed by atoms with Gasteiger partial charge in [-0.2, -0.15) is 0 Å². The van der Waals surface area contributed by atoms with Gasteiger partial charge in [0.2, 0.25) is 0 Å². The second-order valence-electron chi connectivity index (χ2n) is 5.87. The van der Waals surface area contributed by atoms with Crippen LogP contribution in [0.4, 0.5) is 0 Å². The molecule has 0 spiro atoms. The van der Waals surface area contributed by atoms with Gasteiger partial charge in [-0.25, -0.2) is 0 Å². The molecule has 0 saturated carbocycles. The zero-order valence-electron chi connectivity index (χ0n) is 14.1. The first-order valence-electron chi connectivity index (χ1n) is 7.64. The highest BCUT2D eigenvalue weighted by molar-refractivity contribution is 5.81. The van der Waals surface area contributed by atoms with Gasteiger partial charge in [0.15, 0.2) is 0 Å². The topological polar surface area (TPSA) is 20.2 Å². The van der Waals surface area contributed by atoms with Crippen molar-refractivity contribution in [2.24, 2.45) is 0 Å². The van der Waals surface area contributed by atoms with Crippen LogP contribution in [0.5, 0.6) is 0 Å². The molecule has 0 aromatic heterocycles. The molecule has 0 aliphatic carbocycles. The summed E-state index contributed by atoms with van der Waals surface area (Å²) in [5.74, 6) is 0.300. The van der Waals surface area contributed by atoms with Crippen molar-refractivity contribution in [1.29, 1.82) is 0 Å². The lowest BCUT2D eigenvalue weighted by atomic mass is 9.98. The fourth-order valence-corrected chi connectivity index (χ4v) is 2.39. The van der Waals surface area contributed by atoms with Crippen molar-refractivity contribution in [3.63, 3.8) is 0 Å². The van der Waals surface area contributed by atoms with E-state index in [4.69, 9.17) is 0 Å². The van der Waals surface area contributed by atoms with Crippen LogP contribution in [0.2, 0.25) is 0 Å². The molecule has 0 aliphatic rings. The van der Waals surface area contributed by atoms with Gasteiger partial charge in [0.1, 0.15) is 5.76 Å². The molecule has 0 saturated heterocycles. The summed E-state index contributed by atoms with van der Waals surface area (Å²) >= 11 is 0. The Bertz CT molecular complexity index is 748. The zero-order chi connectivity index (χ0) is 16.3. The normalized spacial score (nSPS) is 12.6. The van der Waals surface area contributed by atoms with E-state index in [2.05, 4.69) is 45.9 Å². The van der Waals surface area contributed by atoms with Crippen molar-refractivity contribution >= 4 is 11.3 Å². The Morgan fingerprint density at radius 2 is 1.27 bits per heavy atom. The van der Waals surface area contributed by atoms with E-state index in [9.17, 15) is 5.11 Å². The Morgan fingerprint density at radius 1 is 0.773 bits per heavy atom. The molecule has 0 radical (unpaired) electrons. The quantitative estimate of drug-likeness (QED) is 0.549. The molecule has 1 heteroatoms. The molecule has 114 valence electrons. The zero-order valence-corrected chi connectivity index (χ0v) is 14.1. The van der Waals surface area contributed by atoms with E-state index < -0.39 is 0 Å². The Labute approximate surface area is 133 Å². The van der Waals surface area contributed by atoms with E-state index in [0.29, 0.717) is 5.76 Å². The summed E-state index contributed by atoms with van der Waals surface area (Å²) in [7, 11) is 0. The summed E-state index contributed by atoms with van der Waals surface area (Å²) in [5.41, 5.74) is 7.96. The maximum Gasteiger partial charge on any atom is 0.123 e. The Hall–Kier alpha value is -2.28. The largest absolute Gasteiger partial charge is 0.507 e. The number of hydrogen-bond acceptors (Lipinski definition) is 1. The van der Waals surface area contributed by atoms with Gasteiger partial charge in [-0.05, 0) is 80.2 Å². The highest BCUT2D eigenvalue weighted by Gasteiger charge is 2.05. The van der Waals surface area contributed by atoms with E-state index in [1.54, 1.807) is 0 Å². The summed E-state index contributed by atoms with van der Waals surface area (Å²) in [6.07, 6.45) is 3.87. The predicted octanol–water partition coefficient (Wildman–Crippen LogP) is 5.92. The molecular weight excluding hydrogens is 268 g/mol. The van der Waals surface area contributed by atoms with Crippen LogP contribution in [-0.4, -0.2) is 5.11 Å². The van der Waals surface area contributed by atoms with Crippen LogP contribution in [0.1, 0.15) is 40.3 Å². The number of allylic oxidation sites excluding steroid dienone is 3. The van der Waals surface area contributed by atoms with Gasteiger partial charge in [0.05, 0.1) is 0 Å². The van der Waals surface area contributed by atoms with Crippen LogP contribution in [0.15, 0.2) is 48.6 Å². The first kappa shape index (κ1) is 16.1. The number of benzene rings is 2. The molecule has 0 amide bonds. The van der Waals surface area contributed by atoms with E-state index in [1.807, 2.05) is 37.3 Å². The summed E-state index contributed by atoms with van der Waals surface area (Å²) in [4.78, 5) is 0. The molecule has 1 N–H and O–H groups in total. The fourth-order valence-electron chi connectivity index (χ4n) is 2.39. The van der Waals surface area contributed by atoms with E-state index in [-0.39, 0.29) is 0 Å². The minimum absolute atomic E-state index is 0.300. The van der Waals surface area contributed by atoms with Crippen molar-refractivity contribution in [3.05, 3.63) is 81.9 Å². The average Bonchev–Trinajstić information content (AvgIpc) is 2.50. The highest BCUT2D eigenvalue weighted by atomic mass is 16.3. The van der Waals surface area contributed by atoms with Crippen molar-refractivity contribution in [2.75, 3.05) is 0 Å². The summed E-state index contributed by atoms with van der Waals surface area (Å²) < 4.78 is 0. The van der Waals surface area contributed by atoms with Crippen LogP contribution in [0.3, 0.4) is 0 Å². The lowest BCUT2D eigenvalue weighted by Crippen LogP contribution is -1.90. The number of aryl methyl sites for hydroxylation is 4. The Kier molecular flexibility index (Phi) is 4.87. The Morgan fingerprint density at radius 3 is 1.77 bits per heavy atom. The van der Waals surface area contributed by atoms with Crippen molar-refractivity contribution < 1.29 is 5.11 Å². The second kappa shape index (κ2) is 6.65. The SMILES string of the molecule is C/C=C(\C=C(/O)c1ccc(C)c(C)c1)c1ccc(C)c(C)c1. The molecule has 0 atom stereocenters. The first-order chi connectivity index (χ1) is 10.4. The third-order valence-corrected chi connectivity index (χ3v) is 4.25. The minimum atomic E-state index is 0.300. The molecule has 0 bridgehead atoms. The maximum atomic E-state index is 10.4. The lowest BCUT2D eigenvalue weighted by molar-refractivity contribution is 0.512. The van der Waals surface area contributed by atoms with Crippen LogP contribution in [0.25, 0.3) is 11.3 Å². The highest BCUT2D eigenvalue weighted by Crippen LogP contribution is 2.24. The Balaban J connectivity index is 2.39. The molecule has 0 unspecified atom stereocenters. The molecule has 0 aliphatic heterocycles. The smallest absolute Gasteiger partial charge is 0.123 e. The molecule has 0 fully saturated rings. The summed E-state index contributed by atoms with van der Waals surface area (Å²) in [5, 5.41) is 10.4. The van der Waals surface area contributed by atoms with E-state index in [1.165, 1.54) is 22.3 Å². The molecule has 22 heavy (non-hydrogen) atoms. The fraction of sp³-hybridized carbons (Fsp3) is 0.238. The molecule has 0 heterocycles. The minimum Gasteiger partial charge on any atom is -0.507 e. The van der Waals surface area contributed by atoms with Crippen LogP contribution < -0.4 is 0 Å². The number of rotatable bonds is 3. The molecule has 2 aromatic rings. The van der Waals surface area contributed by atoms with Crippen molar-refractivity contribution in [1.82, 2.24) is 0 Å². The van der Waals surface area contributed by atoms with Crippen LogP contribution in [0, 0.1) is 27.7 Å². The van der Waals surface area contributed by atoms with Gasteiger partial charge >= 0.3 is 0 Å². The van der Waals surface area contributed by atoms with Gasteiger partial charge in [0.25, 0.3) is 0 Å². The van der Waals surface area contributed by atoms with E-state index >= 15 is 0 Å². The summed E-state index contributed by atoms with van der Waals surface area (Å²) in [6.45, 7) is 10.4. The standard InChI is InChI=1S/C21H24O/c1-6-18(19-9-7-14(2)16(4)11-19)13-21(22)20-10-8-15(3)17(5)12-20/h6-13,22H,1-5H3/b18-6+,21-13-. The van der Waals surface area contributed by atoms with Gasteiger partial charge in [0, 0.05) is 5.56 Å². The third-order valence-electron chi connectivity index (χ3n) is 4.25. The molecule has 2 aromatic carbocycles. The number of hydrogen-bond donors (Lipinski definition) is 1. The van der Waals surface area contributed by atoms with Crippen LogP contribution >= 0.6 is 0 Å². The van der Waals surface area contributed by atoms with Gasteiger partial charge < -0.3 is 5.11 Å². The monoisotopic (exact) mass is 292 g/mol. The van der Waals surface area contributed by atoms with Gasteiger partial charge in [-0.1, -0.05) is 36.4 Å². The van der Waals surface area contributed by atoms with Crippen molar-refractivity contribution in [2.45, 2.75) is 34.6 Å². The third kappa shape index (κ3) is 3.48. The lowest BCUT2D eigenvalue weighted by Gasteiger charge is -2.09. The second-order valence-corrected chi connectivity index (χ2v) is 5.87.